The van der Waals surface area contributed by atoms with E-state index in [4.69, 9.17) is 4.74 Å². The minimum atomic E-state index is -0.475. The first kappa shape index (κ1) is 19.4. The van der Waals surface area contributed by atoms with Crippen molar-refractivity contribution in [1.82, 2.24) is 5.32 Å². The van der Waals surface area contributed by atoms with Crippen LogP contribution in [0.2, 0.25) is 0 Å². The lowest BCUT2D eigenvalue weighted by Gasteiger charge is -2.20. The standard InChI is InChI=1S/C23H28FNO2/c1-2-22(27-21-14-11-18-7-3-4-8-19(18)16-21)23(26)25-15-5-6-17-9-12-20(24)13-10-17/h9-14,16,22H,2-8,15H2,1H3,(H,25,26). The fraction of sp³-hybridized carbons (Fsp3) is 0.435. The van der Waals surface area contributed by atoms with E-state index in [0.29, 0.717) is 13.0 Å². The van der Waals surface area contributed by atoms with Crippen molar-refractivity contribution in [3.63, 3.8) is 0 Å². The highest BCUT2D eigenvalue weighted by Crippen LogP contribution is 2.26. The van der Waals surface area contributed by atoms with Gasteiger partial charge < -0.3 is 10.1 Å². The predicted octanol–water partition coefficient (Wildman–Crippen LogP) is 4.61. The van der Waals surface area contributed by atoms with Crippen molar-refractivity contribution in [2.24, 2.45) is 0 Å². The first-order chi connectivity index (χ1) is 13.2. The Morgan fingerprint density at radius 2 is 1.85 bits per heavy atom. The van der Waals surface area contributed by atoms with Gasteiger partial charge in [0.1, 0.15) is 11.6 Å². The van der Waals surface area contributed by atoms with Gasteiger partial charge in [0.25, 0.3) is 5.91 Å². The molecule has 3 nitrogen and oxygen atoms in total. The van der Waals surface area contributed by atoms with E-state index in [0.717, 1.165) is 37.0 Å². The van der Waals surface area contributed by atoms with Crippen molar-refractivity contribution in [2.45, 2.75) is 58.0 Å². The molecule has 27 heavy (non-hydrogen) atoms. The van der Waals surface area contributed by atoms with Crippen molar-refractivity contribution in [2.75, 3.05) is 6.54 Å². The molecule has 1 N–H and O–H groups in total. The van der Waals surface area contributed by atoms with Gasteiger partial charge in [-0.1, -0.05) is 25.1 Å². The average molecular weight is 369 g/mol. The maximum atomic E-state index is 12.9. The van der Waals surface area contributed by atoms with E-state index in [1.165, 1.54) is 36.1 Å². The third-order valence-corrected chi connectivity index (χ3v) is 5.12. The van der Waals surface area contributed by atoms with Crippen LogP contribution in [0.1, 0.15) is 49.3 Å². The number of hydrogen-bond donors (Lipinski definition) is 1. The van der Waals surface area contributed by atoms with E-state index < -0.39 is 6.10 Å². The number of hydrogen-bond acceptors (Lipinski definition) is 2. The summed E-state index contributed by atoms with van der Waals surface area (Å²) in [6.07, 6.45) is 6.49. The molecule has 1 atom stereocenters. The molecule has 1 unspecified atom stereocenters. The molecule has 3 rings (SSSR count). The number of fused-ring (bicyclic) bond motifs is 1. The zero-order valence-corrected chi connectivity index (χ0v) is 16.0. The van der Waals surface area contributed by atoms with Crippen molar-refractivity contribution in [3.05, 3.63) is 65.0 Å². The summed E-state index contributed by atoms with van der Waals surface area (Å²) < 4.78 is 18.9. The van der Waals surface area contributed by atoms with Gasteiger partial charge in [-0.05, 0) is 85.9 Å². The summed E-state index contributed by atoms with van der Waals surface area (Å²) >= 11 is 0. The molecule has 0 heterocycles. The molecule has 0 aliphatic heterocycles. The fourth-order valence-corrected chi connectivity index (χ4v) is 3.54. The number of nitrogens with one attached hydrogen (secondary N) is 1. The van der Waals surface area contributed by atoms with Gasteiger partial charge in [-0.15, -0.1) is 0 Å². The van der Waals surface area contributed by atoms with E-state index in [-0.39, 0.29) is 11.7 Å². The van der Waals surface area contributed by atoms with Crippen LogP contribution in [0.4, 0.5) is 4.39 Å². The predicted molar refractivity (Wildman–Crippen MR) is 106 cm³/mol. The number of aryl methyl sites for hydroxylation is 3. The van der Waals surface area contributed by atoms with Crippen molar-refractivity contribution in [3.8, 4) is 5.75 Å². The Morgan fingerprint density at radius 1 is 1.11 bits per heavy atom. The van der Waals surface area contributed by atoms with Crippen molar-refractivity contribution < 1.29 is 13.9 Å². The molecule has 4 heteroatoms. The molecule has 1 aliphatic rings. The summed E-state index contributed by atoms with van der Waals surface area (Å²) in [5.74, 6) is 0.482. The van der Waals surface area contributed by atoms with Gasteiger partial charge in [0.15, 0.2) is 6.10 Å². The zero-order chi connectivity index (χ0) is 19.1. The van der Waals surface area contributed by atoms with Crippen molar-refractivity contribution >= 4 is 5.91 Å². The van der Waals surface area contributed by atoms with Crippen LogP contribution in [0.15, 0.2) is 42.5 Å². The smallest absolute Gasteiger partial charge is 0.261 e. The Balaban J connectivity index is 1.46. The number of carbonyl (C=O) groups is 1. The van der Waals surface area contributed by atoms with E-state index in [1.54, 1.807) is 12.1 Å². The van der Waals surface area contributed by atoms with E-state index in [2.05, 4.69) is 17.4 Å². The lowest BCUT2D eigenvalue weighted by molar-refractivity contribution is -0.128. The van der Waals surface area contributed by atoms with Crippen molar-refractivity contribution in [1.29, 1.82) is 0 Å². The Morgan fingerprint density at radius 3 is 2.59 bits per heavy atom. The first-order valence-electron chi connectivity index (χ1n) is 9.96. The number of benzene rings is 2. The van der Waals surface area contributed by atoms with Gasteiger partial charge in [0, 0.05) is 6.54 Å². The SMILES string of the molecule is CCC(Oc1ccc2c(c1)CCCC2)C(=O)NCCCc1ccc(F)cc1. The summed E-state index contributed by atoms with van der Waals surface area (Å²) in [7, 11) is 0. The quantitative estimate of drug-likeness (QED) is 0.690. The molecule has 1 aliphatic carbocycles. The van der Waals surface area contributed by atoms with Gasteiger partial charge in [-0.25, -0.2) is 4.39 Å². The van der Waals surface area contributed by atoms with E-state index in [1.807, 2.05) is 13.0 Å². The Hall–Kier alpha value is -2.36. The van der Waals surface area contributed by atoms with Crippen LogP contribution >= 0.6 is 0 Å². The summed E-state index contributed by atoms with van der Waals surface area (Å²) in [4.78, 5) is 12.4. The molecule has 0 aromatic heterocycles. The molecule has 0 fully saturated rings. The Kier molecular flexibility index (Phi) is 6.86. The van der Waals surface area contributed by atoms with Crippen LogP contribution in [0.3, 0.4) is 0 Å². The molecule has 0 saturated carbocycles. The Labute approximate surface area is 160 Å². The minimum absolute atomic E-state index is 0.0747. The Bertz CT molecular complexity index is 757. The largest absolute Gasteiger partial charge is 0.481 e. The summed E-state index contributed by atoms with van der Waals surface area (Å²) in [5, 5.41) is 2.96. The number of halogens is 1. The van der Waals surface area contributed by atoms with Gasteiger partial charge in [-0.3, -0.25) is 4.79 Å². The third-order valence-electron chi connectivity index (χ3n) is 5.12. The normalized spacial score (nSPS) is 14.3. The second-order valence-corrected chi connectivity index (χ2v) is 7.17. The number of ether oxygens (including phenoxy) is 1. The summed E-state index contributed by atoms with van der Waals surface area (Å²) in [6, 6.07) is 12.7. The second kappa shape index (κ2) is 9.54. The molecule has 2 aromatic rings. The highest BCUT2D eigenvalue weighted by Gasteiger charge is 2.19. The lowest BCUT2D eigenvalue weighted by Crippen LogP contribution is -2.38. The molecular weight excluding hydrogens is 341 g/mol. The molecule has 0 saturated heterocycles. The molecule has 144 valence electrons. The van der Waals surface area contributed by atoms with Crippen LogP contribution in [-0.2, 0) is 24.1 Å². The zero-order valence-electron chi connectivity index (χ0n) is 16.0. The van der Waals surface area contributed by atoms with Crippen LogP contribution in [0.5, 0.6) is 5.75 Å². The van der Waals surface area contributed by atoms with Gasteiger partial charge in [0.2, 0.25) is 0 Å². The number of amides is 1. The molecular formula is C23H28FNO2. The van der Waals surface area contributed by atoms with Crippen LogP contribution < -0.4 is 10.1 Å². The van der Waals surface area contributed by atoms with E-state index >= 15 is 0 Å². The molecule has 1 amide bonds. The topological polar surface area (TPSA) is 38.3 Å². The highest BCUT2D eigenvalue weighted by molar-refractivity contribution is 5.81. The highest BCUT2D eigenvalue weighted by atomic mass is 19.1. The third kappa shape index (κ3) is 5.56. The van der Waals surface area contributed by atoms with Gasteiger partial charge in [0.05, 0.1) is 0 Å². The molecule has 0 bridgehead atoms. The first-order valence-corrected chi connectivity index (χ1v) is 9.96. The van der Waals surface area contributed by atoms with Gasteiger partial charge >= 0.3 is 0 Å². The monoisotopic (exact) mass is 369 g/mol. The molecule has 0 radical (unpaired) electrons. The van der Waals surface area contributed by atoms with Crippen LogP contribution in [0.25, 0.3) is 0 Å². The number of rotatable bonds is 8. The lowest BCUT2D eigenvalue weighted by atomic mass is 9.92. The minimum Gasteiger partial charge on any atom is -0.481 e. The summed E-state index contributed by atoms with van der Waals surface area (Å²) in [5.41, 5.74) is 3.84. The molecule has 0 spiro atoms. The number of carbonyl (C=O) groups excluding carboxylic acids is 1. The van der Waals surface area contributed by atoms with Crippen LogP contribution in [-0.4, -0.2) is 18.6 Å². The maximum absolute atomic E-state index is 12.9. The van der Waals surface area contributed by atoms with E-state index in [9.17, 15) is 9.18 Å². The maximum Gasteiger partial charge on any atom is 0.261 e. The van der Waals surface area contributed by atoms with Crippen LogP contribution in [0, 0.1) is 5.82 Å². The average Bonchev–Trinajstić information content (AvgIpc) is 2.70. The summed E-state index contributed by atoms with van der Waals surface area (Å²) in [6.45, 7) is 2.54. The molecule has 2 aromatic carbocycles. The fourth-order valence-electron chi connectivity index (χ4n) is 3.54. The second-order valence-electron chi connectivity index (χ2n) is 7.17. The van der Waals surface area contributed by atoms with Gasteiger partial charge in [-0.2, -0.15) is 0 Å².